The van der Waals surface area contributed by atoms with Crippen LogP contribution in [-0.4, -0.2) is 42.6 Å². The highest BCUT2D eigenvalue weighted by Gasteiger charge is 2.41. The van der Waals surface area contributed by atoms with E-state index in [1.807, 2.05) is 11.3 Å². The summed E-state index contributed by atoms with van der Waals surface area (Å²) in [5, 5.41) is 5.47. The molecule has 0 bridgehead atoms. The van der Waals surface area contributed by atoms with Gasteiger partial charge >= 0.3 is 0 Å². The predicted octanol–water partition coefficient (Wildman–Crippen LogP) is 2.64. The van der Waals surface area contributed by atoms with Crippen molar-refractivity contribution in [1.29, 1.82) is 0 Å². The fourth-order valence-electron chi connectivity index (χ4n) is 4.14. The number of rotatable bonds is 4. The molecular weight excluding hydrogens is 308 g/mol. The number of likely N-dealkylation sites (tertiary alicyclic amines) is 1. The van der Waals surface area contributed by atoms with Gasteiger partial charge in [0.1, 0.15) is 0 Å². The number of ether oxygens (including phenoxy) is 1. The molecule has 1 saturated carbocycles. The number of carbonyl (C=O) groups is 1. The molecule has 0 unspecified atom stereocenters. The minimum Gasteiger partial charge on any atom is -0.376 e. The third-order valence-corrected chi connectivity index (χ3v) is 6.46. The van der Waals surface area contributed by atoms with Gasteiger partial charge in [-0.3, -0.25) is 9.69 Å². The Morgan fingerprint density at radius 1 is 1.30 bits per heavy atom. The largest absolute Gasteiger partial charge is 0.376 e. The van der Waals surface area contributed by atoms with E-state index in [1.165, 1.54) is 17.7 Å². The molecule has 23 heavy (non-hydrogen) atoms. The summed E-state index contributed by atoms with van der Waals surface area (Å²) in [4.78, 5) is 16.3. The molecule has 3 heterocycles. The monoisotopic (exact) mass is 334 g/mol. The quantitative estimate of drug-likeness (QED) is 0.920. The zero-order chi connectivity index (χ0) is 15.6. The maximum atomic E-state index is 12.4. The number of nitrogens with zero attached hydrogens (tertiary/aromatic N) is 1. The van der Waals surface area contributed by atoms with Crippen molar-refractivity contribution in [3.05, 3.63) is 22.4 Å². The second-order valence-electron chi connectivity index (χ2n) is 7.25. The molecular formula is C18H26N2O2S. The summed E-state index contributed by atoms with van der Waals surface area (Å²) in [6, 6.07) is 4.48. The van der Waals surface area contributed by atoms with Crippen molar-refractivity contribution >= 4 is 17.2 Å². The van der Waals surface area contributed by atoms with Crippen molar-refractivity contribution in [2.75, 3.05) is 19.7 Å². The van der Waals surface area contributed by atoms with Crippen LogP contribution >= 0.6 is 11.3 Å². The van der Waals surface area contributed by atoms with Crippen LogP contribution in [0.3, 0.4) is 0 Å². The fraction of sp³-hybridized carbons (Fsp3) is 0.722. The van der Waals surface area contributed by atoms with Crippen LogP contribution in [-0.2, 0) is 16.1 Å². The lowest BCUT2D eigenvalue weighted by Crippen LogP contribution is -2.61. The van der Waals surface area contributed by atoms with E-state index in [-0.39, 0.29) is 24.0 Å². The van der Waals surface area contributed by atoms with Gasteiger partial charge in [0.2, 0.25) is 5.91 Å². The summed E-state index contributed by atoms with van der Waals surface area (Å²) < 4.78 is 6.07. The number of nitrogens with one attached hydrogen (secondary N) is 1. The first-order valence-corrected chi connectivity index (χ1v) is 9.84. The van der Waals surface area contributed by atoms with Gasteiger partial charge < -0.3 is 10.1 Å². The summed E-state index contributed by atoms with van der Waals surface area (Å²) >= 11 is 1.82. The molecule has 1 amide bonds. The van der Waals surface area contributed by atoms with Gasteiger partial charge in [-0.05, 0) is 43.0 Å². The highest BCUT2D eigenvalue weighted by Crippen LogP contribution is 2.31. The number of hydrogen-bond acceptors (Lipinski definition) is 4. The van der Waals surface area contributed by atoms with Crippen LogP contribution in [0.1, 0.15) is 37.0 Å². The Balaban J connectivity index is 1.43. The van der Waals surface area contributed by atoms with Crippen LogP contribution < -0.4 is 5.32 Å². The first-order chi connectivity index (χ1) is 11.3. The molecule has 5 heteroatoms. The molecule has 4 nitrogen and oxygen atoms in total. The lowest BCUT2D eigenvalue weighted by molar-refractivity contribution is -0.134. The lowest BCUT2D eigenvalue weighted by atomic mass is 9.82. The minimum absolute atomic E-state index is 0.155. The number of hydrogen-bond donors (Lipinski definition) is 1. The molecule has 1 aromatic rings. The molecule has 1 N–H and O–H groups in total. The Bertz CT molecular complexity index is 529. The van der Waals surface area contributed by atoms with Crippen LogP contribution in [0.15, 0.2) is 17.5 Å². The van der Waals surface area contributed by atoms with Crippen LogP contribution in [0.2, 0.25) is 0 Å². The van der Waals surface area contributed by atoms with E-state index in [0.717, 1.165) is 45.5 Å². The number of carbonyl (C=O) groups excluding carboxylic acids is 1. The lowest BCUT2D eigenvalue weighted by Gasteiger charge is -2.46. The molecule has 1 aliphatic carbocycles. The van der Waals surface area contributed by atoms with Gasteiger partial charge in [-0.2, -0.15) is 0 Å². The fourth-order valence-corrected chi connectivity index (χ4v) is 4.89. The molecule has 0 spiro atoms. The van der Waals surface area contributed by atoms with E-state index in [4.69, 9.17) is 4.74 Å². The minimum atomic E-state index is 0.155. The normalized spacial score (nSPS) is 32.1. The molecule has 3 aliphatic rings. The van der Waals surface area contributed by atoms with E-state index in [2.05, 4.69) is 27.7 Å². The Morgan fingerprint density at radius 2 is 2.22 bits per heavy atom. The van der Waals surface area contributed by atoms with Gasteiger partial charge in [-0.1, -0.05) is 12.5 Å². The molecule has 1 aromatic heterocycles. The van der Waals surface area contributed by atoms with Gasteiger partial charge in [0.05, 0.1) is 12.1 Å². The number of fused-ring (bicyclic) bond motifs is 1. The van der Waals surface area contributed by atoms with E-state index in [0.29, 0.717) is 5.92 Å². The van der Waals surface area contributed by atoms with Gasteiger partial charge in [0.15, 0.2) is 0 Å². The van der Waals surface area contributed by atoms with Crippen LogP contribution in [0.25, 0.3) is 0 Å². The van der Waals surface area contributed by atoms with E-state index < -0.39 is 0 Å². The molecule has 2 aliphatic heterocycles. The molecule has 2 saturated heterocycles. The van der Waals surface area contributed by atoms with Crippen LogP contribution in [0, 0.1) is 11.8 Å². The Kier molecular flexibility index (Phi) is 4.69. The molecule has 0 aromatic carbocycles. The molecule has 4 rings (SSSR count). The summed E-state index contributed by atoms with van der Waals surface area (Å²) in [6.45, 7) is 3.86. The van der Waals surface area contributed by atoms with Crippen LogP contribution in [0.4, 0.5) is 0 Å². The summed E-state index contributed by atoms with van der Waals surface area (Å²) in [7, 11) is 0. The molecule has 3 atom stereocenters. The van der Waals surface area contributed by atoms with Crippen molar-refractivity contribution in [1.82, 2.24) is 10.2 Å². The first kappa shape index (κ1) is 15.6. The van der Waals surface area contributed by atoms with Crippen molar-refractivity contribution in [3.8, 4) is 0 Å². The zero-order valence-electron chi connectivity index (χ0n) is 13.6. The number of amides is 1. The smallest absolute Gasteiger partial charge is 0.223 e. The SMILES string of the molecule is O=C(N[C@@H]1CN(Cc2cccs2)C[C@@H]2CCCO[C@@H]21)C1CCC1. The van der Waals surface area contributed by atoms with Crippen molar-refractivity contribution in [3.63, 3.8) is 0 Å². The number of piperidine rings is 1. The van der Waals surface area contributed by atoms with E-state index >= 15 is 0 Å². The Morgan fingerprint density at radius 3 is 2.96 bits per heavy atom. The average Bonchev–Trinajstić information content (AvgIpc) is 2.98. The second-order valence-corrected chi connectivity index (χ2v) is 8.29. The third-order valence-electron chi connectivity index (χ3n) is 5.60. The average molecular weight is 334 g/mol. The van der Waals surface area contributed by atoms with Crippen molar-refractivity contribution in [2.45, 2.75) is 50.8 Å². The third kappa shape index (κ3) is 3.47. The summed E-state index contributed by atoms with van der Waals surface area (Å²) in [6.07, 6.45) is 5.92. The van der Waals surface area contributed by atoms with E-state index in [9.17, 15) is 4.79 Å². The zero-order valence-corrected chi connectivity index (χ0v) is 14.4. The van der Waals surface area contributed by atoms with E-state index in [1.54, 1.807) is 0 Å². The van der Waals surface area contributed by atoms with Crippen molar-refractivity contribution in [2.24, 2.45) is 11.8 Å². The maximum Gasteiger partial charge on any atom is 0.223 e. The van der Waals surface area contributed by atoms with Gasteiger partial charge in [0.25, 0.3) is 0 Å². The van der Waals surface area contributed by atoms with Gasteiger partial charge in [-0.15, -0.1) is 11.3 Å². The molecule has 3 fully saturated rings. The van der Waals surface area contributed by atoms with Crippen LogP contribution in [0.5, 0.6) is 0 Å². The summed E-state index contributed by atoms with van der Waals surface area (Å²) in [5.74, 6) is 1.07. The Labute approximate surface area is 142 Å². The molecule has 126 valence electrons. The maximum absolute atomic E-state index is 12.4. The number of thiophene rings is 1. The summed E-state index contributed by atoms with van der Waals surface area (Å²) in [5.41, 5.74) is 0. The second kappa shape index (κ2) is 6.91. The van der Waals surface area contributed by atoms with Gasteiger partial charge in [0, 0.05) is 37.0 Å². The predicted molar refractivity (Wildman–Crippen MR) is 91.3 cm³/mol. The van der Waals surface area contributed by atoms with Crippen molar-refractivity contribution < 1.29 is 9.53 Å². The highest BCUT2D eigenvalue weighted by molar-refractivity contribution is 7.09. The molecule has 0 radical (unpaired) electrons. The highest BCUT2D eigenvalue weighted by atomic mass is 32.1. The Hall–Kier alpha value is -0.910. The first-order valence-electron chi connectivity index (χ1n) is 8.96. The standard InChI is InChI=1S/C18H26N2O2S/c21-18(13-4-1-5-13)19-16-12-20(11-15-7-3-9-23-15)10-14-6-2-8-22-17(14)16/h3,7,9,13-14,16-17H,1-2,4-6,8,10-12H2,(H,19,21)/t14-,16+,17-/m0/s1. The topological polar surface area (TPSA) is 41.6 Å². The van der Waals surface area contributed by atoms with Gasteiger partial charge in [-0.25, -0.2) is 0 Å².